The van der Waals surface area contributed by atoms with Crippen LogP contribution in [-0.2, 0) is 6.42 Å². The second kappa shape index (κ2) is 6.23. The Labute approximate surface area is 124 Å². The fourth-order valence-electron chi connectivity index (χ4n) is 2.59. The first-order chi connectivity index (χ1) is 10.3. The van der Waals surface area contributed by atoms with Crippen molar-refractivity contribution in [2.75, 3.05) is 0 Å². The van der Waals surface area contributed by atoms with Gasteiger partial charge in [-0.1, -0.05) is 60.7 Å². The molecule has 2 heteroatoms. The molecule has 1 N–H and O–H groups in total. The minimum absolute atomic E-state index is 0.0507. The van der Waals surface area contributed by atoms with Gasteiger partial charge in [0.1, 0.15) is 5.75 Å². The van der Waals surface area contributed by atoms with E-state index in [2.05, 4.69) is 29.2 Å². The quantitative estimate of drug-likeness (QED) is 0.775. The van der Waals surface area contributed by atoms with Gasteiger partial charge in [-0.25, -0.2) is 0 Å². The third-order valence-corrected chi connectivity index (χ3v) is 3.63. The molecule has 3 aromatic rings. The van der Waals surface area contributed by atoms with Crippen LogP contribution in [0.25, 0.3) is 0 Å². The molecule has 3 rings (SSSR count). The van der Waals surface area contributed by atoms with E-state index in [4.69, 9.17) is 0 Å². The first kappa shape index (κ1) is 13.4. The molecule has 1 aromatic heterocycles. The number of nitrogens with zero attached hydrogens (tertiary/aromatic N) is 1. The van der Waals surface area contributed by atoms with Crippen LogP contribution >= 0.6 is 0 Å². The minimum Gasteiger partial charge on any atom is -0.506 e. The average molecular weight is 275 g/mol. The number of rotatable bonds is 4. The SMILES string of the molecule is Oc1cccnc1[C@@H](Cc1ccccc1)c1ccccc1. The van der Waals surface area contributed by atoms with Gasteiger partial charge in [0.25, 0.3) is 0 Å². The molecule has 2 aromatic carbocycles. The highest BCUT2D eigenvalue weighted by molar-refractivity contribution is 5.38. The number of aromatic nitrogens is 1. The molecule has 0 spiro atoms. The van der Waals surface area contributed by atoms with E-state index in [0.29, 0.717) is 0 Å². The van der Waals surface area contributed by atoms with Crippen molar-refractivity contribution in [1.29, 1.82) is 0 Å². The lowest BCUT2D eigenvalue weighted by Crippen LogP contribution is -2.07. The molecule has 0 saturated carbocycles. The van der Waals surface area contributed by atoms with E-state index in [1.54, 1.807) is 18.3 Å². The molecule has 1 atom stereocenters. The molecule has 0 aliphatic heterocycles. The fraction of sp³-hybridized carbons (Fsp3) is 0.105. The highest BCUT2D eigenvalue weighted by Crippen LogP contribution is 2.32. The molecule has 21 heavy (non-hydrogen) atoms. The van der Waals surface area contributed by atoms with Gasteiger partial charge in [0.2, 0.25) is 0 Å². The van der Waals surface area contributed by atoms with Crippen molar-refractivity contribution >= 4 is 0 Å². The summed E-state index contributed by atoms with van der Waals surface area (Å²) in [5.74, 6) is 0.303. The van der Waals surface area contributed by atoms with Gasteiger partial charge in [0, 0.05) is 12.1 Å². The average Bonchev–Trinajstić information content (AvgIpc) is 2.55. The van der Waals surface area contributed by atoms with Crippen molar-refractivity contribution in [3.8, 4) is 5.75 Å². The third-order valence-electron chi connectivity index (χ3n) is 3.63. The van der Waals surface area contributed by atoms with E-state index in [-0.39, 0.29) is 11.7 Å². The van der Waals surface area contributed by atoms with Gasteiger partial charge in [-0.2, -0.15) is 0 Å². The second-order valence-electron chi connectivity index (χ2n) is 5.06. The largest absolute Gasteiger partial charge is 0.506 e. The summed E-state index contributed by atoms with van der Waals surface area (Å²) >= 11 is 0. The van der Waals surface area contributed by atoms with Gasteiger partial charge in [-0.3, -0.25) is 4.98 Å². The molecule has 0 amide bonds. The molecule has 0 saturated heterocycles. The zero-order valence-electron chi connectivity index (χ0n) is 11.7. The fourth-order valence-corrected chi connectivity index (χ4v) is 2.59. The molecule has 0 aliphatic carbocycles. The topological polar surface area (TPSA) is 33.1 Å². The van der Waals surface area contributed by atoms with Crippen molar-refractivity contribution in [2.45, 2.75) is 12.3 Å². The molecular formula is C19H17NO. The lowest BCUT2D eigenvalue weighted by molar-refractivity contribution is 0.459. The molecule has 2 nitrogen and oxygen atoms in total. The van der Waals surface area contributed by atoms with Crippen LogP contribution < -0.4 is 0 Å². The predicted molar refractivity (Wildman–Crippen MR) is 84.3 cm³/mol. The highest BCUT2D eigenvalue weighted by atomic mass is 16.3. The highest BCUT2D eigenvalue weighted by Gasteiger charge is 2.19. The minimum atomic E-state index is 0.0507. The molecule has 0 bridgehead atoms. The van der Waals surface area contributed by atoms with Crippen molar-refractivity contribution < 1.29 is 5.11 Å². The van der Waals surface area contributed by atoms with Crippen LogP contribution in [0.5, 0.6) is 5.75 Å². The summed E-state index contributed by atoms with van der Waals surface area (Å²) in [6, 6.07) is 24.0. The number of benzene rings is 2. The molecule has 0 unspecified atom stereocenters. The Balaban J connectivity index is 2.02. The molecular weight excluding hydrogens is 258 g/mol. The zero-order valence-corrected chi connectivity index (χ0v) is 11.7. The van der Waals surface area contributed by atoms with Crippen molar-refractivity contribution in [1.82, 2.24) is 4.98 Å². The predicted octanol–water partition coefficient (Wildman–Crippen LogP) is 4.16. The van der Waals surface area contributed by atoms with Crippen LogP contribution in [-0.4, -0.2) is 10.1 Å². The van der Waals surface area contributed by atoms with Crippen LogP contribution in [0, 0.1) is 0 Å². The molecule has 0 radical (unpaired) electrons. The summed E-state index contributed by atoms with van der Waals surface area (Å²) in [7, 11) is 0. The van der Waals surface area contributed by atoms with Crippen molar-refractivity contribution in [3.63, 3.8) is 0 Å². The van der Waals surface area contributed by atoms with E-state index in [1.165, 1.54) is 5.56 Å². The second-order valence-corrected chi connectivity index (χ2v) is 5.06. The van der Waals surface area contributed by atoms with Crippen LogP contribution in [0.2, 0.25) is 0 Å². The van der Waals surface area contributed by atoms with Crippen LogP contribution in [0.1, 0.15) is 22.7 Å². The number of pyridine rings is 1. The van der Waals surface area contributed by atoms with Crippen LogP contribution in [0.15, 0.2) is 79.0 Å². The normalized spacial score (nSPS) is 12.0. The van der Waals surface area contributed by atoms with Crippen molar-refractivity contribution in [2.24, 2.45) is 0 Å². The summed E-state index contributed by atoms with van der Waals surface area (Å²) in [4.78, 5) is 4.40. The lowest BCUT2D eigenvalue weighted by Gasteiger charge is -2.18. The summed E-state index contributed by atoms with van der Waals surface area (Å²) in [5.41, 5.74) is 3.12. The summed E-state index contributed by atoms with van der Waals surface area (Å²) in [6.45, 7) is 0. The molecule has 1 heterocycles. The lowest BCUT2D eigenvalue weighted by atomic mass is 9.88. The van der Waals surface area contributed by atoms with Crippen molar-refractivity contribution in [3.05, 3.63) is 95.8 Å². The maximum atomic E-state index is 10.2. The Morgan fingerprint density at radius 3 is 2.14 bits per heavy atom. The molecule has 0 aliphatic rings. The number of hydrogen-bond acceptors (Lipinski definition) is 2. The smallest absolute Gasteiger partial charge is 0.137 e. The monoisotopic (exact) mass is 275 g/mol. The molecule has 0 fully saturated rings. The van der Waals surface area contributed by atoms with Gasteiger partial charge in [0.05, 0.1) is 5.69 Å². The first-order valence-corrected chi connectivity index (χ1v) is 7.07. The zero-order chi connectivity index (χ0) is 14.5. The summed E-state index contributed by atoms with van der Waals surface area (Å²) in [5, 5.41) is 10.2. The van der Waals surface area contributed by atoms with Gasteiger partial charge in [-0.15, -0.1) is 0 Å². The molecule has 104 valence electrons. The van der Waals surface area contributed by atoms with Gasteiger partial charge >= 0.3 is 0 Å². The van der Waals surface area contributed by atoms with E-state index < -0.39 is 0 Å². The Bertz CT molecular complexity index is 695. The Kier molecular flexibility index (Phi) is 3.97. The number of aromatic hydroxyl groups is 1. The first-order valence-electron chi connectivity index (χ1n) is 7.07. The van der Waals surface area contributed by atoms with E-state index in [0.717, 1.165) is 17.7 Å². The number of hydrogen-bond donors (Lipinski definition) is 1. The van der Waals surface area contributed by atoms with E-state index >= 15 is 0 Å². The Morgan fingerprint density at radius 2 is 1.48 bits per heavy atom. The van der Waals surface area contributed by atoms with E-state index in [1.807, 2.05) is 36.4 Å². The maximum Gasteiger partial charge on any atom is 0.137 e. The summed E-state index contributed by atoms with van der Waals surface area (Å²) in [6.07, 6.45) is 2.55. The van der Waals surface area contributed by atoms with Gasteiger partial charge in [0.15, 0.2) is 0 Å². The van der Waals surface area contributed by atoms with Crippen LogP contribution in [0.4, 0.5) is 0 Å². The summed E-state index contributed by atoms with van der Waals surface area (Å²) < 4.78 is 0. The maximum absolute atomic E-state index is 10.2. The van der Waals surface area contributed by atoms with Gasteiger partial charge in [-0.05, 0) is 29.7 Å². The standard InChI is InChI=1S/C19H17NO/c21-18-12-7-13-20-19(18)17(16-10-5-2-6-11-16)14-15-8-3-1-4-9-15/h1-13,17,21H,14H2/t17-/m0/s1. The third kappa shape index (κ3) is 3.11. The van der Waals surface area contributed by atoms with Crippen LogP contribution in [0.3, 0.4) is 0 Å². The Hall–Kier alpha value is -2.61. The Morgan fingerprint density at radius 1 is 0.810 bits per heavy atom. The van der Waals surface area contributed by atoms with E-state index in [9.17, 15) is 5.11 Å². The van der Waals surface area contributed by atoms with Gasteiger partial charge < -0.3 is 5.11 Å².